The van der Waals surface area contributed by atoms with Crippen molar-refractivity contribution in [2.24, 2.45) is 0 Å². The largest absolute Gasteiger partial charge is 0.483 e. The third kappa shape index (κ3) is 5.85. The van der Waals surface area contributed by atoms with E-state index in [1.165, 1.54) is 0 Å². The van der Waals surface area contributed by atoms with Crippen molar-refractivity contribution < 1.29 is 41.0 Å². The summed E-state index contributed by atoms with van der Waals surface area (Å²) in [6.45, 7) is -2.62. The molecule has 1 aromatic heterocycles. The number of amides is 1. The van der Waals surface area contributed by atoms with Crippen molar-refractivity contribution in [2.45, 2.75) is 25.6 Å². The summed E-state index contributed by atoms with van der Waals surface area (Å²) in [5.41, 5.74) is -2.12. The maximum absolute atomic E-state index is 14.8. The molecule has 1 amide bonds. The number of alkyl halides is 3. The number of allylic oxidation sites excluding steroid dienone is 3. The third-order valence-electron chi connectivity index (χ3n) is 4.49. The molecule has 0 saturated heterocycles. The van der Waals surface area contributed by atoms with E-state index in [2.05, 4.69) is 10.3 Å². The van der Waals surface area contributed by atoms with Crippen LogP contribution in [0.15, 0.2) is 46.9 Å². The molecule has 12 heteroatoms. The molecule has 176 valence electrons. The summed E-state index contributed by atoms with van der Waals surface area (Å²) in [4.78, 5) is 16.4. The smallest absolute Gasteiger partial charge is 0.422 e. The number of benzene rings is 1. The maximum Gasteiger partial charge on any atom is 0.422 e. The molecule has 0 fully saturated rings. The molecule has 2 N–H and O–H groups in total. The fraction of sp³-hybridized carbons (Fsp3) is 0.238. The Labute approximate surface area is 188 Å². The van der Waals surface area contributed by atoms with Crippen LogP contribution in [-0.2, 0) is 6.61 Å². The van der Waals surface area contributed by atoms with Crippen LogP contribution < -0.4 is 10.1 Å². The van der Waals surface area contributed by atoms with Gasteiger partial charge in [-0.15, -0.1) is 0 Å². The lowest BCUT2D eigenvalue weighted by Gasteiger charge is -2.18. The minimum absolute atomic E-state index is 0.0229. The van der Waals surface area contributed by atoms with E-state index in [4.69, 9.17) is 21.4 Å². The SMILES string of the molecule is O=C(NC1=C(Cl)CCC=C1F)c1cc(F)c(-c2ccc(F)c(CO)n2)cc1OCC(F)(F)F. The highest BCUT2D eigenvalue weighted by Gasteiger charge is 2.30. The van der Waals surface area contributed by atoms with Gasteiger partial charge < -0.3 is 15.2 Å². The number of hydrogen-bond acceptors (Lipinski definition) is 4. The van der Waals surface area contributed by atoms with Gasteiger partial charge in [-0.3, -0.25) is 4.79 Å². The average Bonchev–Trinajstić information content (AvgIpc) is 2.75. The summed E-state index contributed by atoms with van der Waals surface area (Å²) in [6, 6.07) is 3.28. The maximum atomic E-state index is 14.8. The zero-order valence-electron chi connectivity index (χ0n) is 16.6. The summed E-state index contributed by atoms with van der Waals surface area (Å²) < 4.78 is 85.4. The first-order chi connectivity index (χ1) is 15.5. The topological polar surface area (TPSA) is 71.5 Å². The molecule has 1 heterocycles. The normalized spacial score (nSPS) is 14.2. The second-order valence-electron chi connectivity index (χ2n) is 6.84. The number of nitrogens with zero attached hydrogens (tertiary/aromatic N) is 1. The van der Waals surface area contributed by atoms with Gasteiger partial charge in [0.05, 0.1) is 23.6 Å². The van der Waals surface area contributed by atoms with Gasteiger partial charge in [0, 0.05) is 10.6 Å². The number of pyridine rings is 1. The van der Waals surface area contributed by atoms with Gasteiger partial charge in [0.1, 0.15) is 28.9 Å². The fourth-order valence-corrected chi connectivity index (χ4v) is 3.19. The Kier molecular flexibility index (Phi) is 7.33. The number of aliphatic hydroxyl groups excluding tert-OH is 1. The molecule has 0 aliphatic heterocycles. The predicted octanol–water partition coefficient (Wildman–Crippen LogP) is 5.29. The number of hydrogen-bond donors (Lipinski definition) is 2. The standard InChI is InChI=1S/C21H15ClF6N2O3/c22-12-2-1-3-14(24)19(12)30-20(32)11-6-15(25)10(7-18(11)33-9-21(26,27)28)16-5-4-13(23)17(8-31)29-16/h3-7,31H,1-2,8-9H2,(H,30,32). The number of aliphatic hydroxyl groups is 1. The van der Waals surface area contributed by atoms with Crippen molar-refractivity contribution in [1.29, 1.82) is 0 Å². The molecule has 2 aromatic rings. The minimum Gasteiger partial charge on any atom is -0.483 e. The van der Waals surface area contributed by atoms with Gasteiger partial charge in [-0.25, -0.2) is 18.2 Å². The number of aromatic nitrogens is 1. The van der Waals surface area contributed by atoms with Crippen LogP contribution in [0, 0.1) is 11.6 Å². The van der Waals surface area contributed by atoms with Crippen molar-refractivity contribution in [3.63, 3.8) is 0 Å². The number of rotatable bonds is 6. The summed E-state index contributed by atoms with van der Waals surface area (Å²) in [7, 11) is 0. The Balaban J connectivity index is 2.05. The second kappa shape index (κ2) is 9.84. The van der Waals surface area contributed by atoms with Crippen LogP contribution in [-0.4, -0.2) is 28.8 Å². The van der Waals surface area contributed by atoms with Gasteiger partial charge in [0.15, 0.2) is 6.61 Å². The van der Waals surface area contributed by atoms with E-state index >= 15 is 0 Å². The van der Waals surface area contributed by atoms with Gasteiger partial charge in [0.25, 0.3) is 5.91 Å². The minimum atomic E-state index is -4.79. The van der Waals surface area contributed by atoms with Crippen LogP contribution in [0.3, 0.4) is 0 Å². The van der Waals surface area contributed by atoms with E-state index in [1.54, 1.807) is 0 Å². The lowest BCUT2D eigenvalue weighted by Crippen LogP contribution is -2.27. The van der Waals surface area contributed by atoms with Crippen molar-refractivity contribution >= 4 is 17.5 Å². The Hall–Kier alpha value is -3.05. The van der Waals surface area contributed by atoms with Crippen LogP contribution in [0.5, 0.6) is 5.75 Å². The lowest BCUT2D eigenvalue weighted by atomic mass is 10.0. The molecule has 0 atom stereocenters. The highest BCUT2D eigenvalue weighted by Crippen LogP contribution is 2.33. The number of carbonyl (C=O) groups is 1. The Morgan fingerprint density at radius 2 is 1.91 bits per heavy atom. The monoisotopic (exact) mass is 492 g/mol. The number of halogens is 7. The zero-order chi connectivity index (χ0) is 24.3. The fourth-order valence-electron chi connectivity index (χ4n) is 2.94. The highest BCUT2D eigenvalue weighted by atomic mass is 35.5. The Morgan fingerprint density at radius 1 is 1.18 bits per heavy atom. The van der Waals surface area contributed by atoms with E-state index in [9.17, 15) is 31.1 Å². The second-order valence-corrected chi connectivity index (χ2v) is 7.30. The molecule has 33 heavy (non-hydrogen) atoms. The zero-order valence-corrected chi connectivity index (χ0v) is 17.3. The molecule has 1 aromatic carbocycles. The van der Waals surface area contributed by atoms with Gasteiger partial charge in [-0.2, -0.15) is 13.2 Å². The van der Waals surface area contributed by atoms with Gasteiger partial charge in [0.2, 0.25) is 0 Å². The molecular formula is C21H15ClF6N2O3. The van der Waals surface area contributed by atoms with Crippen LogP contribution in [0.1, 0.15) is 28.9 Å². The summed E-state index contributed by atoms with van der Waals surface area (Å²) in [5.74, 6) is -4.68. The quantitative estimate of drug-likeness (QED) is 0.538. The first-order valence-corrected chi connectivity index (χ1v) is 9.73. The molecule has 3 rings (SSSR count). The Morgan fingerprint density at radius 3 is 2.55 bits per heavy atom. The number of nitrogens with one attached hydrogen (secondary N) is 1. The molecule has 0 radical (unpaired) electrons. The predicted molar refractivity (Wildman–Crippen MR) is 106 cm³/mol. The molecule has 0 saturated carbocycles. The van der Waals surface area contributed by atoms with Crippen LogP contribution in [0.25, 0.3) is 11.3 Å². The molecule has 1 aliphatic rings. The molecular weight excluding hydrogens is 478 g/mol. The molecule has 5 nitrogen and oxygen atoms in total. The van der Waals surface area contributed by atoms with Crippen molar-refractivity contribution in [3.8, 4) is 17.0 Å². The van der Waals surface area contributed by atoms with Gasteiger partial charge in [-0.1, -0.05) is 11.6 Å². The van der Waals surface area contributed by atoms with Crippen molar-refractivity contribution in [3.05, 3.63) is 69.8 Å². The van der Waals surface area contributed by atoms with E-state index in [1.807, 2.05) is 0 Å². The van der Waals surface area contributed by atoms with E-state index in [0.717, 1.165) is 24.3 Å². The lowest BCUT2D eigenvalue weighted by molar-refractivity contribution is -0.153. The van der Waals surface area contributed by atoms with E-state index in [0.29, 0.717) is 6.07 Å². The third-order valence-corrected chi connectivity index (χ3v) is 4.86. The van der Waals surface area contributed by atoms with E-state index in [-0.39, 0.29) is 29.3 Å². The summed E-state index contributed by atoms with van der Waals surface area (Å²) in [5, 5.41) is 11.3. The summed E-state index contributed by atoms with van der Waals surface area (Å²) >= 11 is 5.92. The molecule has 0 bridgehead atoms. The first kappa shape index (κ1) is 24.6. The van der Waals surface area contributed by atoms with Gasteiger partial charge >= 0.3 is 6.18 Å². The summed E-state index contributed by atoms with van der Waals surface area (Å²) in [6.07, 6.45) is -3.12. The Bertz CT molecular complexity index is 1150. The first-order valence-electron chi connectivity index (χ1n) is 9.36. The van der Waals surface area contributed by atoms with Crippen LogP contribution in [0.4, 0.5) is 26.3 Å². The van der Waals surface area contributed by atoms with Gasteiger partial charge in [-0.05, 0) is 43.2 Å². The van der Waals surface area contributed by atoms with Crippen LogP contribution >= 0.6 is 11.6 Å². The highest BCUT2D eigenvalue weighted by molar-refractivity contribution is 6.30. The number of carbonyl (C=O) groups excluding carboxylic acids is 1. The van der Waals surface area contributed by atoms with Crippen LogP contribution in [0.2, 0.25) is 0 Å². The number of ether oxygens (including phenoxy) is 1. The van der Waals surface area contributed by atoms with Crippen molar-refractivity contribution in [1.82, 2.24) is 10.3 Å². The molecule has 0 spiro atoms. The molecule has 1 aliphatic carbocycles. The van der Waals surface area contributed by atoms with E-state index < -0.39 is 65.3 Å². The molecule has 0 unspecified atom stereocenters. The van der Waals surface area contributed by atoms with Crippen molar-refractivity contribution in [2.75, 3.05) is 6.61 Å². The average molecular weight is 493 g/mol.